The second-order valence-corrected chi connectivity index (χ2v) is 3.27. The summed E-state index contributed by atoms with van der Waals surface area (Å²) in [6.45, 7) is 0. The molecule has 1 aliphatic carbocycles. The number of nitrogens with zero attached hydrogens (tertiary/aromatic N) is 2. The highest BCUT2D eigenvalue weighted by Gasteiger charge is 2.26. The number of rotatable bonds is 4. The van der Waals surface area contributed by atoms with Gasteiger partial charge in [0.25, 0.3) is 0 Å². The van der Waals surface area contributed by atoms with Gasteiger partial charge < -0.3 is 14.9 Å². The highest BCUT2D eigenvalue weighted by atomic mass is 16.6. The molecule has 1 aliphatic rings. The molecule has 0 aliphatic heterocycles. The predicted molar refractivity (Wildman–Crippen MR) is 49.9 cm³/mol. The van der Waals surface area contributed by atoms with Crippen LogP contribution < -0.4 is 4.74 Å². The number of pyridine rings is 1. The molecule has 0 unspecified atom stereocenters. The van der Waals surface area contributed by atoms with Crippen molar-refractivity contribution in [1.29, 1.82) is 0 Å². The molecule has 6 nitrogen and oxygen atoms in total. The van der Waals surface area contributed by atoms with Crippen LogP contribution in [0.1, 0.15) is 23.2 Å². The molecule has 6 heteroatoms. The van der Waals surface area contributed by atoms with Crippen molar-refractivity contribution < 1.29 is 14.5 Å². The van der Waals surface area contributed by atoms with Gasteiger partial charge in [-0.05, 0) is 22.7 Å². The van der Waals surface area contributed by atoms with E-state index >= 15 is 0 Å². The van der Waals surface area contributed by atoms with E-state index in [2.05, 4.69) is 4.98 Å². The molecule has 15 heavy (non-hydrogen) atoms. The summed E-state index contributed by atoms with van der Waals surface area (Å²) < 4.78 is 5.36. The number of aldehydes is 1. The molecular weight excluding hydrogens is 200 g/mol. The summed E-state index contributed by atoms with van der Waals surface area (Å²) in [6, 6.07) is 1.18. The average Bonchev–Trinajstić information content (AvgIpc) is 3.01. The Morgan fingerprint density at radius 2 is 2.33 bits per heavy atom. The van der Waals surface area contributed by atoms with E-state index in [-0.39, 0.29) is 23.2 Å². The lowest BCUT2D eigenvalue weighted by molar-refractivity contribution is -0.389. The molecule has 78 valence electrons. The minimum absolute atomic E-state index is 0.0886. The van der Waals surface area contributed by atoms with Crippen LogP contribution in [0.3, 0.4) is 0 Å². The lowest BCUT2D eigenvalue weighted by Gasteiger charge is -2.04. The van der Waals surface area contributed by atoms with Crippen molar-refractivity contribution in [3.63, 3.8) is 0 Å². The van der Waals surface area contributed by atoms with Gasteiger partial charge in [0, 0.05) is 0 Å². The van der Waals surface area contributed by atoms with Crippen LogP contribution in [0.2, 0.25) is 0 Å². The Hall–Kier alpha value is -1.98. The lowest BCUT2D eigenvalue weighted by atomic mass is 10.3. The maximum atomic E-state index is 10.6. The lowest BCUT2D eigenvalue weighted by Crippen LogP contribution is -2.02. The number of carbonyl (C=O) groups excluding carboxylic acids is 1. The minimum Gasteiger partial charge on any atom is -0.489 e. The monoisotopic (exact) mass is 208 g/mol. The van der Waals surface area contributed by atoms with Crippen molar-refractivity contribution in [2.45, 2.75) is 18.9 Å². The third-order valence-corrected chi connectivity index (χ3v) is 2.01. The molecule has 0 aromatic carbocycles. The number of hydrogen-bond acceptors (Lipinski definition) is 5. The van der Waals surface area contributed by atoms with Crippen molar-refractivity contribution in [3.05, 3.63) is 27.9 Å². The third kappa shape index (κ3) is 2.09. The molecule has 0 spiro atoms. The Balaban J connectivity index is 2.32. The van der Waals surface area contributed by atoms with Gasteiger partial charge in [0.2, 0.25) is 0 Å². The summed E-state index contributed by atoms with van der Waals surface area (Å²) in [6.07, 6.45) is 3.67. The van der Waals surface area contributed by atoms with Gasteiger partial charge in [-0.25, -0.2) is 0 Å². The Bertz CT molecular complexity index is 415. The van der Waals surface area contributed by atoms with E-state index in [4.69, 9.17) is 4.74 Å². The number of nitro groups is 1. The zero-order chi connectivity index (χ0) is 10.8. The molecule has 1 aromatic heterocycles. The van der Waals surface area contributed by atoms with Crippen LogP contribution in [-0.2, 0) is 0 Å². The maximum Gasteiger partial charge on any atom is 0.367 e. The fraction of sp³-hybridized carbons (Fsp3) is 0.333. The molecule has 0 bridgehead atoms. The minimum atomic E-state index is -0.617. The van der Waals surface area contributed by atoms with Crippen LogP contribution in [0.5, 0.6) is 5.75 Å². The van der Waals surface area contributed by atoms with Gasteiger partial charge in [0.05, 0.1) is 12.2 Å². The molecule has 0 N–H and O–H groups in total. The number of hydrogen-bond donors (Lipinski definition) is 0. The number of carbonyl (C=O) groups is 1. The van der Waals surface area contributed by atoms with Crippen molar-refractivity contribution >= 4 is 12.1 Å². The predicted octanol–water partition coefficient (Wildman–Crippen LogP) is 1.34. The van der Waals surface area contributed by atoms with Gasteiger partial charge in [-0.3, -0.25) is 4.79 Å². The van der Waals surface area contributed by atoms with Gasteiger partial charge in [0.1, 0.15) is 11.3 Å². The summed E-state index contributed by atoms with van der Waals surface area (Å²) in [5, 5.41) is 10.5. The van der Waals surface area contributed by atoms with Gasteiger partial charge in [-0.15, -0.1) is 0 Å². The molecule has 1 heterocycles. The van der Waals surface area contributed by atoms with Gasteiger partial charge in [0.15, 0.2) is 12.5 Å². The first-order chi connectivity index (χ1) is 7.20. The summed E-state index contributed by atoms with van der Waals surface area (Å²) in [4.78, 5) is 24.0. The van der Waals surface area contributed by atoms with Crippen molar-refractivity contribution in [3.8, 4) is 5.75 Å². The fourth-order valence-corrected chi connectivity index (χ4v) is 1.09. The van der Waals surface area contributed by atoms with Crippen LogP contribution in [0.25, 0.3) is 0 Å². The van der Waals surface area contributed by atoms with E-state index < -0.39 is 4.92 Å². The fourth-order valence-electron chi connectivity index (χ4n) is 1.09. The first kappa shape index (κ1) is 9.57. The van der Waals surface area contributed by atoms with Crippen LogP contribution in [0.15, 0.2) is 12.3 Å². The van der Waals surface area contributed by atoms with Crippen molar-refractivity contribution in [2.75, 3.05) is 0 Å². The second kappa shape index (κ2) is 3.64. The third-order valence-electron chi connectivity index (χ3n) is 2.01. The molecule has 1 aromatic rings. The summed E-state index contributed by atoms with van der Waals surface area (Å²) in [7, 11) is 0. The zero-order valence-electron chi connectivity index (χ0n) is 7.75. The van der Waals surface area contributed by atoms with Crippen LogP contribution >= 0.6 is 0 Å². The summed E-state index contributed by atoms with van der Waals surface area (Å²) in [5.41, 5.74) is 0.243. The van der Waals surface area contributed by atoms with Crippen LogP contribution in [0, 0.1) is 10.1 Å². The largest absolute Gasteiger partial charge is 0.489 e. The van der Waals surface area contributed by atoms with E-state index in [9.17, 15) is 14.9 Å². The first-order valence-electron chi connectivity index (χ1n) is 4.47. The van der Waals surface area contributed by atoms with E-state index in [1.807, 2.05) is 0 Å². The molecule has 0 saturated heterocycles. The first-order valence-corrected chi connectivity index (χ1v) is 4.47. The highest BCUT2D eigenvalue weighted by Crippen LogP contribution is 2.29. The summed E-state index contributed by atoms with van der Waals surface area (Å²) >= 11 is 0. The second-order valence-electron chi connectivity index (χ2n) is 3.27. The Kier molecular flexibility index (Phi) is 2.32. The summed E-state index contributed by atoms with van der Waals surface area (Å²) in [5.74, 6) is -0.0644. The molecule has 0 radical (unpaired) electrons. The molecule has 2 rings (SSSR count). The number of aromatic nitrogens is 1. The highest BCUT2D eigenvalue weighted by molar-refractivity contribution is 5.79. The SMILES string of the molecule is O=Cc1cnc([N+](=O)[O-])cc1OC1CC1. The number of ether oxygens (including phenoxy) is 1. The Labute approximate surface area is 85.0 Å². The van der Waals surface area contributed by atoms with E-state index in [1.54, 1.807) is 0 Å². The topological polar surface area (TPSA) is 82.3 Å². The average molecular weight is 208 g/mol. The van der Waals surface area contributed by atoms with Crippen molar-refractivity contribution in [2.24, 2.45) is 0 Å². The molecule has 0 atom stereocenters. The Morgan fingerprint density at radius 3 is 2.87 bits per heavy atom. The van der Waals surface area contributed by atoms with Gasteiger partial charge in [-0.2, -0.15) is 0 Å². The van der Waals surface area contributed by atoms with Gasteiger partial charge in [-0.1, -0.05) is 0 Å². The van der Waals surface area contributed by atoms with E-state index in [0.29, 0.717) is 6.29 Å². The maximum absolute atomic E-state index is 10.6. The molecule has 1 saturated carbocycles. The molecule has 0 amide bonds. The van der Waals surface area contributed by atoms with Gasteiger partial charge >= 0.3 is 5.82 Å². The van der Waals surface area contributed by atoms with E-state index in [0.717, 1.165) is 19.0 Å². The van der Waals surface area contributed by atoms with Crippen LogP contribution in [-0.4, -0.2) is 22.3 Å². The molecular formula is C9H8N2O4. The molecule has 1 fully saturated rings. The normalized spacial score (nSPS) is 14.7. The zero-order valence-corrected chi connectivity index (χ0v) is 7.75. The smallest absolute Gasteiger partial charge is 0.367 e. The van der Waals surface area contributed by atoms with Crippen LogP contribution in [0.4, 0.5) is 5.82 Å². The quantitative estimate of drug-likeness (QED) is 0.423. The Morgan fingerprint density at radius 1 is 1.60 bits per heavy atom. The standard InChI is InChI=1S/C9H8N2O4/c12-5-6-4-10-9(11(13)14)3-8(6)15-7-1-2-7/h3-5,7H,1-2H2. The van der Waals surface area contributed by atoms with Crippen molar-refractivity contribution in [1.82, 2.24) is 4.98 Å². The van der Waals surface area contributed by atoms with E-state index in [1.165, 1.54) is 6.07 Å².